The van der Waals surface area contributed by atoms with Gasteiger partial charge in [0.15, 0.2) is 0 Å². The average molecular weight is 350 g/mol. The zero-order valence-electron chi connectivity index (χ0n) is 15.4. The first kappa shape index (κ1) is 17.6. The zero-order chi connectivity index (χ0) is 18.7. The van der Waals surface area contributed by atoms with Crippen molar-refractivity contribution in [3.63, 3.8) is 0 Å². The lowest BCUT2D eigenvalue weighted by molar-refractivity contribution is 1.02. The van der Waals surface area contributed by atoms with Gasteiger partial charge in [-0.2, -0.15) is 0 Å². The summed E-state index contributed by atoms with van der Waals surface area (Å²) in [5.41, 5.74) is 3.13. The van der Waals surface area contributed by atoms with Crippen LogP contribution in [-0.4, -0.2) is 34.0 Å². The normalized spacial score (nSPS) is 10.6. The van der Waals surface area contributed by atoms with Gasteiger partial charge in [0.2, 0.25) is 0 Å². The number of aromatic amines is 1. The van der Waals surface area contributed by atoms with Crippen LogP contribution in [0.25, 0.3) is 11.4 Å². The van der Waals surface area contributed by atoms with Crippen molar-refractivity contribution in [1.29, 1.82) is 0 Å². The summed E-state index contributed by atoms with van der Waals surface area (Å²) < 4.78 is 0. The largest absolute Gasteiger partial charge is 0.366 e. The first-order valence-corrected chi connectivity index (χ1v) is 8.34. The Labute approximate surface area is 152 Å². The summed E-state index contributed by atoms with van der Waals surface area (Å²) in [6.07, 6.45) is 3.50. The lowest BCUT2D eigenvalue weighted by Crippen LogP contribution is -2.14. The van der Waals surface area contributed by atoms with E-state index in [1.165, 1.54) is 0 Å². The molecule has 7 heteroatoms. The number of rotatable bonds is 5. The molecular formula is C19H22N6O. The first-order valence-electron chi connectivity index (χ1n) is 8.34. The SMILES string of the molecule is Cc1nc(-c2ccc(NCc3ccnc(N(C)C)c3)nc2)[nH]c(=O)c1C. The Balaban J connectivity index is 1.72. The highest BCUT2D eigenvalue weighted by Crippen LogP contribution is 2.16. The fraction of sp³-hybridized carbons (Fsp3) is 0.263. The Morgan fingerprint density at radius 1 is 1.15 bits per heavy atom. The lowest BCUT2D eigenvalue weighted by Gasteiger charge is -2.12. The monoisotopic (exact) mass is 350 g/mol. The number of aryl methyl sites for hydroxylation is 1. The molecule has 0 spiro atoms. The molecular weight excluding hydrogens is 328 g/mol. The van der Waals surface area contributed by atoms with Crippen LogP contribution < -0.4 is 15.8 Å². The lowest BCUT2D eigenvalue weighted by atomic mass is 10.2. The van der Waals surface area contributed by atoms with E-state index in [2.05, 4.69) is 25.3 Å². The fourth-order valence-corrected chi connectivity index (χ4v) is 2.43. The summed E-state index contributed by atoms with van der Waals surface area (Å²) in [6, 6.07) is 7.77. The second-order valence-electron chi connectivity index (χ2n) is 6.33. The molecule has 3 aromatic heterocycles. The molecule has 3 rings (SSSR count). The fourth-order valence-electron chi connectivity index (χ4n) is 2.43. The van der Waals surface area contributed by atoms with Crippen LogP contribution in [0.1, 0.15) is 16.8 Å². The summed E-state index contributed by atoms with van der Waals surface area (Å²) in [6.45, 7) is 4.24. The second-order valence-corrected chi connectivity index (χ2v) is 6.33. The van der Waals surface area contributed by atoms with Gasteiger partial charge < -0.3 is 15.2 Å². The maximum Gasteiger partial charge on any atom is 0.254 e. The molecule has 134 valence electrons. The highest BCUT2D eigenvalue weighted by atomic mass is 16.1. The van der Waals surface area contributed by atoms with Gasteiger partial charge in [-0.25, -0.2) is 15.0 Å². The molecule has 3 heterocycles. The van der Waals surface area contributed by atoms with Crippen molar-refractivity contribution in [1.82, 2.24) is 19.9 Å². The van der Waals surface area contributed by atoms with Crippen LogP contribution in [0.15, 0.2) is 41.5 Å². The predicted octanol–water partition coefficient (Wildman–Crippen LogP) is 2.52. The van der Waals surface area contributed by atoms with Gasteiger partial charge in [0.1, 0.15) is 17.5 Å². The van der Waals surface area contributed by atoms with E-state index in [1.807, 2.05) is 50.2 Å². The van der Waals surface area contributed by atoms with Crippen molar-refractivity contribution in [3.8, 4) is 11.4 Å². The summed E-state index contributed by atoms with van der Waals surface area (Å²) in [5.74, 6) is 2.20. The second kappa shape index (κ2) is 7.35. The molecule has 0 bridgehead atoms. The van der Waals surface area contributed by atoms with Gasteiger partial charge in [-0.15, -0.1) is 0 Å². The van der Waals surface area contributed by atoms with Crippen molar-refractivity contribution in [3.05, 3.63) is 63.8 Å². The quantitative estimate of drug-likeness (QED) is 0.735. The number of aromatic nitrogens is 4. The van der Waals surface area contributed by atoms with Crippen LogP contribution in [0.2, 0.25) is 0 Å². The van der Waals surface area contributed by atoms with Crippen LogP contribution in [0.4, 0.5) is 11.6 Å². The molecule has 0 amide bonds. The Morgan fingerprint density at radius 3 is 2.62 bits per heavy atom. The number of H-pyrrole nitrogens is 1. The maximum atomic E-state index is 11.9. The molecule has 0 atom stereocenters. The number of nitrogens with one attached hydrogen (secondary N) is 2. The van der Waals surface area contributed by atoms with Gasteiger partial charge >= 0.3 is 0 Å². The molecule has 26 heavy (non-hydrogen) atoms. The molecule has 7 nitrogen and oxygen atoms in total. The molecule has 0 radical (unpaired) electrons. The van der Waals surface area contributed by atoms with E-state index in [4.69, 9.17) is 0 Å². The molecule has 0 aliphatic rings. The van der Waals surface area contributed by atoms with Crippen LogP contribution in [0, 0.1) is 13.8 Å². The maximum absolute atomic E-state index is 11.9. The Bertz CT molecular complexity index is 963. The molecule has 0 aliphatic carbocycles. The zero-order valence-corrected chi connectivity index (χ0v) is 15.4. The summed E-state index contributed by atoms with van der Waals surface area (Å²) in [7, 11) is 3.93. The van der Waals surface area contributed by atoms with E-state index in [0.717, 1.165) is 28.5 Å². The molecule has 0 fully saturated rings. The van der Waals surface area contributed by atoms with Crippen molar-refractivity contribution in [2.75, 3.05) is 24.3 Å². The standard InChI is InChI=1S/C19H22N6O/c1-12-13(2)23-18(24-19(12)26)15-5-6-16(22-11-15)21-10-14-7-8-20-17(9-14)25(3)4/h5-9,11H,10H2,1-4H3,(H,21,22)(H,23,24,26). The Kier molecular flexibility index (Phi) is 4.97. The topological polar surface area (TPSA) is 86.8 Å². The average Bonchev–Trinajstić information content (AvgIpc) is 2.64. The minimum Gasteiger partial charge on any atom is -0.366 e. The number of nitrogens with zero attached hydrogens (tertiary/aromatic N) is 4. The van der Waals surface area contributed by atoms with Crippen molar-refractivity contribution >= 4 is 11.6 Å². The van der Waals surface area contributed by atoms with Crippen LogP contribution >= 0.6 is 0 Å². The number of hydrogen-bond donors (Lipinski definition) is 2. The highest BCUT2D eigenvalue weighted by molar-refractivity contribution is 5.56. The van der Waals surface area contributed by atoms with Gasteiger partial charge in [0.05, 0.1) is 0 Å². The Hall–Kier alpha value is -3.22. The smallest absolute Gasteiger partial charge is 0.254 e. The van der Waals surface area contributed by atoms with Gasteiger partial charge in [0.25, 0.3) is 5.56 Å². The molecule has 3 aromatic rings. The Morgan fingerprint density at radius 2 is 1.96 bits per heavy atom. The molecule has 0 saturated carbocycles. The van der Waals surface area contributed by atoms with Gasteiger partial charge in [0, 0.05) is 49.9 Å². The minimum atomic E-state index is -0.121. The van der Waals surface area contributed by atoms with E-state index in [1.54, 1.807) is 19.3 Å². The number of hydrogen-bond acceptors (Lipinski definition) is 6. The molecule has 0 aliphatic heterocycles. The molecule has 0 aromatic carbocycles. The van der Waals surface area contributed by atoms with E-state index in [0.29, 0.717) is 17.9 Å². The van der Waals surface area contributed by atoms with Gasteiger partial charge in [-0.1, -0.05) is 0 Å². The number of pyridine rings is 2. The van der Waals surface area contributed by atoms with Gasteiger partial charge in [-0.3, -0.25) is 4.79 Å². The van der Waals surface area contributed by atoms with E-state index in [-0.39, 0.29) is 5.56 Å². The summed E-state index contributed by atoms with van der Waals surface area (Å²) in [5, 5.41) is 3.29. The van der Waals surface area contributed by atoms with Crippen LogP contribution in [0.3, 0.4) is 0 Å². The summed E-state index contributed by atoms with van der Waals surface area (Å²) >= 11 is 0. The highest BCUT2D eigenvalue weighted by Gasteiger charge is 2.07. The third-order valence-electron chi connectivity index (χ3n) is 4.17. The molecule has 0 saturated heterocycles. The predicted molar refractivity (Wildman–Crippen MR) is 103 cm³/mol. The van der Waals surface area contributed by atoms with Crippen molar-refractivity contribution < 1.29 is 0 Å². The third-order valence-corrected chi connectivity index (χ3v) is 4.17. The minimum absolute atomic E-state index is 0.121. The molecule has 0 unspecified atom stereocenters. The van der Waals surface area contributed by atoms with Crippen LogP contribution in [0.5, 0.6) is 0 Å². The van der Waals surface area contributed by atoms with E-state index >= 15 is 0 Å². The summed E-state index contributed by atoms with van der Waals surface area (Å²) in [4.78, 5) is 29.8. The molecule has 2 N–H and O–H groups in total. The van der Waals surface area contributed by atoms with Crippen molar-refractivity contribution in [2.24, 2.45) is 0 Å². The number of anilines is 2. The first-order chi connectivity index (χ1) is 12.4. The van der Waals surface area contributed by atoms with Crippen molar-refractivity contribution in [2.45, 2.75) is 20.4 Å². The van der Waals surface area contributed by atoms with E-state index < -0.39 is 0 Å². The van der Waals surface area contributed by atoms with E-state index in [9.17, 15) is 4.79 Å². The van der Waals surface area contributed by atoms with Gasteiger partial charge in [-0.05, 0) is 43.7 Å². The third kappa shape index (κ3) is 3.88. The van der Waals surface area contributed by atoms with Crippen LogP contribution in [-0.2, 0) is 6.54 Å².